The molecule has 2 heterocycles. The number of carbonyl (C=O) groups excluding carboxylic acids is 2. The first-order valence-corrected chi connectivity index (χ1v) is 10.5. The van der Waals surface area contributed by atoms with E-state index in [-0.39, 0.29) is 17.2 Å². The van der Waals surface area contributed by atoms with Crippen LogP contribution in [0.5, 0.6) is 11.6 Å². The van der Waals surface area contributed by atoms with Gasteiger partial charge in [0.1, 0.15) is 11.4 Å². The molecule has 1 aromatic heterocycles. The summed E-state index contributed by atoms with van der Waals surface area (Å²) >= 11 is 0. The average Bonchev–Trinajstić information content (AvgIpc) is 2.84. The van der Waals surface area contributed by atoms with Crippen molar-refractivity contribution in [2.24, 2.45) is 0 Å². The Kier molecular flexibility index (Phi) is 6.62. The summed E-state index contributed by atoms with van der Waals surface area (Å²) in [7, 11) is 0. The minimum absolute atomic E-state index is 0.0210. The summed E-state index contributed by atoms with van der Waals surface area (Å²) in [6, 6.07) is 11.1. The summed E-state index contributed by atoms with van der Waals surface area (Å²) in [6.45, 7) is 3.43. The number of nitrogens with zero attached hydrogens (tertiary/aromatic N) is 5. The van der Waals surface area contributed by atoms with E-state index < -0.39 is 10.8 Å². The third-order valence-electron chi connectivity index (χ3n) is 5.35. The lowest BCUT2D eigenvalue weighted by atomic mass is 10.1. The highest BCUT2D eigenvalue weighted by atomic mass is 16.6. The Morgan fingerprint density at radius 2 is 1.88 bits per heavy atom. The highest BCUT2D eigenvalue weighted by molar-refractivity contribution is 6.05. The molecule has 11 nitrogen and oxygen atoms in total. The van der Waals surface area contributed by atoms with Crippen LogP contribution in [0.4, 0.5) is 17.1 Å². The number of nitrogens with one attached hydrogen (secondary N) is 1. The number of anilines is 2. The maximum Gasteiger partial charge on any atom is 0.293 e. The van der Waals surface area contributed by atoms with Gasteiger partial charge in [0.2, 0.25) is 11.8 Å². The van der Waals surface area contributed by atoms with Crippen molar-refractivity contribution in [1.29, 1.82) is 0 Å². The van der Waals surface area contributed by atoms with E-state index >= 15 is 0 Å². The molecule has 1 saturated heterocycles. The highest BCUT2D eigenvalue weighted by Gasteiger charge is 2.26. The van der Waals surface area contributed by atoms with E-state index in [9.17, 15) is 19.7 Å². The molecule has 0 spiro atoms. The van der Waals surface area contributed by atoms with Gasteiger partial charge in [0, 0.05) is 68.9 Å². The molecule has 0 radical (unpaired) electrons. The van der Waals surface area contributed by atoms with Crippen LogP contribution < -0.4 is 15.0 Å². The molecule has 11 heteroatoms. The fourth-order valence-corrected chi connectivity index (χ4v) is 3.64. The van der Waals surface area contributed by atoms with Gasteiger partial charge in [-0.2, -0.15) is 0 Å². The number of ether oxygens (including phenoxy) is 1. The molecule has 3 aromatic rings. The largest absolute Gasteiger partial charge is 0.437 e. The molecular formula is C23H22N6O5. The van der Waals surface area contributed by atoms with Gasteiger partial charge in [-0.05, 0) is 24.3 Å². The Bertz CT molecular complexity index is 1210. The fraction of sp³-hybridized carbons (Fsp3) is 0.217. The van der Waals surface area contributed by atoms with Crippen LogP contribution in [-0.2, 0) is 4.79 Å². The number of benzene rings is 2. The molecule has 34 heavy (non-hydrogen) atoms. The van der Waals surface area contributed by atoms with Crippen LogP contribution in [0, 0.1) is 10.1 Å². The summed E-state index contributed by atoms with van der Waals surface area (Å²) in [5.74, 6) is 0.241. The van der Waals surface area contributed by atoms with E-state index in [1.165, 1.54) is 31.6 Å². The molecule has 0 bridgehead atoms. The minimum atomic E-state index is -0.501. The maximum absolute atomic E-state index is 12.8. The zero-order valence-electron chi connectivity index (χ0n) is 18.4. The van der Waals surface area contributed by atoms with Gasteiger partial charge in [0.15, 0.2) is 0 Å². The van der Waals surface area contributed by atoms with Crippen LogP contribution in [0.1, 0.15) is 17.3 Å². The molecule has 4 rings (SSSR count). The van der Waals surface area contributed by atoms with Crippen LogP contribution in [0.3, 0.4) is 0 Å². The van der Waals surface area contributed by atoms with Gasteiger partial charge in [-0.25, -0.2) is 4.98 Å². The summed E-state index contributed by atoms with van der Waals surface area (Å²) < 4.78 is 5.62. The van der Waals surface area contributed by atoms with Crippen molar-refractivity contribution in [2.45, 2.75) is 6.92 Å². The smallest absolute Gasteiger partial charge is 0.293 e. The van der Waals surface area contributed by atoms with E-state index in [0.29, 0.717) is 49.2 Å². The number of hydrogen-bond acceptors (Lipinski definition) is 8. The Hall–Kier alpha value is -4.54. The van der Waals surface area contributed by atoms with Crippen molar-refractivity contribution >= 4 is 28.9 Å². The topological polar surface area (TPSA) is 131 Å². The lowest BCUT2D eigenvalue weighted by molar-refractivity contribution is -0.384. The second kappa shape index (κ2) is 9.94. The Morgan fingerprint density at radius 3 is 2.56 bits per heavy atom. The maximum atomic E-state index is 12.8. The lowest BCUT2D eigenvalue weighted by Gasteiger charge is -2.35. The van der Waals surface area contributed by atoms with Crippen molar-refractivity contribution < 1.29 is 19.2 Å². The number of aromatic nitrogens is 2. The standard InChI is InChI=1S/C23H22N6O5/c1-16(30)27-9-11-28(12-10-27)20-6-5-17(13-21(20)29(32)33)23(31)26-18-3-2-4-19(14-18)34-22-15-24-7-8-25-22/h2-8,13-15H,9-12H2,1H3,(H,26,31). The quantitative estimate of drug-likeness (QED) is 0.437. The molecule has 0 aliphatic carbocycles. The summed E-state index contributed by atoms with van der Waals surface area (Å²) in [6.07, 6.45) is 4.49. The minimum Gasteiger partial charge on any atom is -0.437 e. The van der Waals surface area contributed by atoms with E-state index in [1.54, 1.807) is 41.3 Å². The number of piperazine rings is 1. The molecule has 2 amide bonds. The van der Waals surface area contributed by atoms with Crippen LogP contribution in [-0.4, -0.2) is 57.8 Å². The van der Waals surface area contributed by atoms with Gasteiger partial charge in [0.05, 0.1) is 11.1 Å². The van der Waals surface area contributed by atoms with E-state index in [4.69, 9.17) is 4.74 Å². The first-order chi connectivity index (χ1) is 16.4. The molecule has 174 valence electrons. The zero-order valence-corrected chi connectivity index (χ0v) is 18.4. The zero-order chi connectivity index (χ0) is 24.1. The number of rotatable bonds is 6. The molecule has 0 atom stereocenters. The second-order valence-corrected chi connectivity index (χ2v) is 7.58. The van der Waals surface area contributed by atoms with Gasteiger partial charge >= 0.3 is 0 Å². The number of nitro benzene ring substituents is 1. The fourth-order valence-electron chi connectivity index (χ4n) is 3.64. The average molecular weight is 462 g/mol. The monoisotopic (exact) mass is 462 g/mol. The van der Waals surface area contributed by atoms with Crippen molar-refractivity contribution in [1.82, 2.24) is 14.9 Å². The molecule has 0 saturated carbocycles. The van der Waals surface area contributed by atoms with E-state index in [2.05, 4.69) is 15.3 Å². The van der Waals surface area contributed by atoms with Crippen LogP contribution in [0.2, 0.25) is 0 Å². The number of carbonyl (C=O) groups is 2. The molecule has 1 aliphatic heterocycles. The molecule has 0 unspecified atom stereocenters. The third kappa shape index (κ3) is 5.26. The van der Waals surface area contributed by atoms with Crippen molar-refractivity contribution in [3.63, 3.8) is 0 Å². The molecule has 1 aliphatic rings. The van der Waals surface area contributed by atoms with Crippen molar-refractivity contribution in [2.75, 3.05) is 36.4 Å². The van der Waals surface area contributed by atoms with Crippen molar-refractivity contribution in [3.05, 3.63) is 76.7 Å². The third-order valence-corrected chi connectivity index (χ3v) is 5.35. The molecule has 2 aromatic carbocycles. The summed E-state index contributed by atoms with van der Waals surface area (Å²) in [5, 5.41) is 14.5. The van der Waals surface area contributed by atoms with Gasteiger partial charge in [-0.15, -0.1) is 0 Å². The van der Waals surface area contributed by atoms with Crippen LogP contribution in [0.25, 0.3) is 0 Å². The summed E-state index contributed by atoms with van der Waals surface area (Å²) in [5.41, 5.74) is 0.865. The summed E-state index contributed by atoms with van der Waals surface area (Å²) in [4.78, 5) is 47.1. The first kappa shape index (κ1) is 22.6. The normalized spacial score (nSPS) is 13.3. The van der Waals surface area contributed by atoms with Gasteiger partial charge in [-0.3, -0.25) is 24.7 Å². The second-order valence-electron chi connectivity index (χ2n) is 7.58. The van der Waals surface area contributed by atoms with Gasteiger partial charge in [0.25, 0.3) is 11.6 Å². The lowest BCUT2D eigenvalue weighted by Crippen LogP contribution is -2.48. The van der Waals surface area contributed by atoms with Crippen molar-refractivity contribution in [3.8, 4) is 11.6 Å². The molecule has 1 fully saturated rings. The van der Waals surface area contributed by atoms with Crippen LogP contribution >= 0.6 is 0 Å². The predicted molar refractivity (Wildman–Crippen MR) is 124 cm³/mol. The Labute approximate surface area is 195 Å². The molecule has 1 N–H and O–H groups in total. The van der Waals surface area contributed by atoms with E-state index in [1.807, 2.05) is 4.90 Å². The predicted octanol–water partition coefficient (Wildman–Crippen LogP) is 3.10. The van der Waals surface area contributed by atoms with Gasteiger partial charge < -0.3 is 19.9 Å². The number of nitro groups is 1. The Balaban J connectivity index is 1.48. The number of hydrogen-bond donors (Lipinski definition) is 1. The Morgan fingerprint density at radius 1 is 1.09 bits per heavy atom. The van der Waals surface area contributed by atoms with E-state index in [0.717, 1.165) is 0 Å². The SMILES string of the molecule is CC(=O)N1CCN(c2ccc(C(=O)Nc3cccc(Oc4cnccn4)c3)cc2[N+](=O)[O-])CC1. The number of amides is 2. The highest BCUT2D eigenvalue weighted by Crippen LogP contribution is 2.31. The van der Waals surface area contributed by atoms with Gasteiger partial charge in [-0.1, -0.05) is 6.07 Å². The molecular weight excluding hydrogens is 440 g/mol. The first-order valence-electron chi connectivity index (χ1n) is 10.5. The van der Waals surface area contributed by atoms with Crippen LogP contribution in [0.15, 0.2) is 61.1 Å².